The summed E-state index contributed by atoms with van der Waals surface area (Å²) in [4.78, 5) is 13.1. The Morgan fingerprint density at radius 3 is 2.38 bits per heavy atom. The number of anilines is 1. The predicted molar refractivity (Wildman–Crippen MR) is 66.1 cm³/mol. The maximum atomic E-state index is 11.1. The van der Waals surface area contributed by atoms with Gasteiger partial charge in [0, 0.05) is 13.6 Å². The lowest BCUT2D eigenvalue weighted by Crippen LogP contribution is -2.30. The Morgan fingerprint density at radius 2 is 1.88 bits per heavy atom. The standard InChI is InChI=1S/C13H19NO2/c1-13(2,3)9-14(4)11-8-6-5-7-10(11)12(15)16/h5-8H,9H2,1-4H3,(H,15,16). The second-order valence-electron chi connectivity index (χ2n) is 5.24. The predicted octanol–water partition coefficient (Wildman–Crippen LogP) is 2.87. The molecule has 0 atom stereocenters. The summed E-state index contributed by atoms with van der Waals surface area (Å²) in [7, 11) is 1.92. The molecule has 0 aromatic heterocycles. The van der Waals surface area contributed by atoms with Gasteiger partial charge in [0.15, 0.2) is 0 Å². The molecule has 0 fully saturated rings. The van der Waals surface area contributed by atoms with E-state index in [0.29, 0.717) is 5.56 Å². The lowest BCUT2D eigenvalue weighted by Gasteiger charge is -2.29. The van der Waals surface area contributed by atoms with E-state index < -0.39 is 5.97 Å². The summed E-state index contributed by atoms with van der Waals surface area (Å²) in [5.74, 6) is -0.878. The molecule has 0 aliphatic heterocycles. The number of nitrogens with zero attached hydrogens (tertiary/aromatic N) is 1. The van der Waals surface area contributed by atoms with E-state index in [0.717, 1.165) is 12.2 Å². The number of para-hydroxylation sites is 1. The van der Waals surface area contributed by atoms with Crippen LogP contribution in [-0.2, 0) is 0 Å². The maximum absolute atomic E-state index is 11.1. The van der Waals surface area contributed by atoms with E-state index in [1.165, 1.54) is 0 Å². The fourth-order valence-corrected chi connectivity index (χ4v) is 1.78. The van der Waals surface area contributed by atoms with Crippen molar-refractivity contribution in [3.8, 4) is 0 Å². The van der Waals surface area contributed by atoms with Crippen LogP contribution in [0.4, 0.5) is 5.69 Å². The summed E-state index contributed by atoms with van der Waals surface area (Å²) in [6.45, 7) is 7.21. The fraction of sp³-hybridized carbons (Fsp3) is 0.462. The van der Waals surface area contributed by atoms with Crippen LogP contribution in [0.25, 0.3) is 0 Å². The molecule has 1 rings (SSSR count). The number of aromatic carboxylic acids is 1. The highest BCUT2D eigenvalue weighted by atomic mass is 16.4. The molecule has 1 aromatic carbocycles. The van der Waals surface area contributed by atoms with Gasteiger partial charge in [-0.15, -0.1) is 0 Å². The minimum absolute atomic E-state index is 0.139. The smallest absolute Gasteiger partial charge is 0.337 e. The molecule has 0 unspecified atom stereocenters. The zero-order chi connectivity index (χ0) is 12.3. The Bertz CT molecular complexity index is 380. The molecule has 88 valence electrons. The number of carboxylic acid groups (broad SMARTS) is 1. The van der Waals surface area contributed by atoms with Gasteiger partial charge < -0.3 is 10.0 Å². The average Bonchev–Trinajstić information content (AvgIpc) is 2.15. The Kier molecular flexibility index (Phi) is 3.58. The first-order valence-corrected chi connectivity index (χ1v) is 5.35. The van der Waals surface area contributed by atoms with E-state index in [9.17, 15) is 4.79 Å². The fourth-order valence-electron chi connectivity index (χ4n) is 1.78. The van der Waals surface area contributed by atoms with Crippen LogP contribution < -0.4 is 4.90 Å². The molecular weight excluding hydrogens is 202 g/mol. The first-order chi connectivity index (χ1) is 7.31. The van der Waals surface area contributed by atoms with Crippen molar-refractivity contribution >= 4 is 11.7 Å². The molecule has 0 radical (unpaired) electrons. The van der Waals surface area contributed by atoms with Crippen molar-refractivity contribution in [3.05, 3.63) is 29.8 Å². The molecule has 0 spiro atoms. The average molecular weight is 221 g/mol. The Morgan fingerprint density at radius 1 is 1.31 bits per heavy atom. The lowest BCUT2D eigenvalue weighted by molar-refractivity contribution is 0.0697. The number of carboxylic acids is 1. The van der Waals surface area contributed by atoms with Crippen LogP contribution in [-0.4, -0.2) is 24.7 Å². The third kappa shape index (κ3) is 3.26. The molecular formula is C13H19NO2. The van der Waals surface area contributed by atoms with E-state index in [2.05, 4.69) is 20.8 Å². The zero-order valence-electron chi connectivity index (χ0n) is 10.3. The molecule has 0 aliphatic rings. The van der Waals surface area contributed by atoms with Crippen molar-refractivity contribution in [2.24, 2.45) is 5.41 Å². The quantitative estimate of drug-likeness (QED) is 0.853. The number of hydrogen-bond acceptors (Lipinski definition) is 2. The van der Waals surface area contributed by atoms with Gasteiger partial charge in [-0.05, 0) is 17.5 Å². The van der Waals surface area contributed by atoms with Crippen LogP contribution >= 0.6 is 0 Å². The van der Waals surface area contributed by atoms with Crippen LogP contribution in [0.15, 0.2) is 24.3 Å². The number of hydrogen-bond donors (Lipinski definition) is 1. The van der Waals surface area contributed by atoms with Gasteiger partial charge in [-0.1, -0.05) is 32.9 Å². The Hall–Kier alpha value is -1.51. The van der Waals surface area contributed by atoms with Crippen molar-refractivity contribution in [2.45, 2.75) is 20.8 Å². The molecule has 3 heteroatoms. The van der Waals surface area contributed by atoms with Crippen LogP contribution in [0.1, 0.15) is 31.1 Å². The summed E-state index contributed by atoms with van der Waals surface area (Å²) in [5, 5.41) is 9.09. The zero-order valence-corrected chi connectivity index (χ0v) is 10.3. The summed E-state index contributed by atoms with van der Waals surface area (Å²) in [6, 6.07) is 7.09. The van der Waals surface area contributed by atoms with Crippen LogP contribution in [0.2, 0.25) is 0 Å². The highest BCUT2D eigenvalue weighted by Crippen LogP contribution is 2.23. The SMILES string of the molecule is CN(CC(C)(C)C)c1ccccc1C(=O)O. The highest BCUT2D eigenvalue weighted by Gasteiger charge is 2.17. The normalized spacial score (nSPS) is 11.2. The van der Waals surface area contributed by atoms with Gasteiger partial charge >= 0.3 is 5.97 Å². The largest absolute Gasteiger partial charge is 0.478 e. The molecule has 1 N–H and O–H groups in total. The monoisotopic (exact) mass is 221 g/mol. The summed E-state index contributed by atoms with van der Waals surface area (Å²) < 4.78 is 0. The number of carbonyl (C=O) groups is 1. The number of rotatable bonds is 3. The molecule has 0 amide bonds. The maximum Gasteiger partial charge on any atom is 0.337 e. The summed E-state index contributed by atoms with van der Waals surface area (Å²) >= 11 is 0. The molecule has 1 aromatic rings. The van der Waals surface area contributed by atoms with E-state index in [1.54, 1.807) is 12.1 Å². The van der Waals surface area contributed by atoms with Gasteiger partial charge in [0.1, 0.15) is 0 Å². The van der Waals surface area contributed by atoms with E-state index in [-0.39, 0.29) is 5.41 Å². The highest BCUT2D eigenvalue weighted by molar-refractivity contribution is 5.94. The van der Waals surface area contributed by atoms with E-state index >= 15 is 0 Å². The molecule has 0 saturated carbocycles. The Labute approximate surface area is 96.7 Å². The molecule has 0 aliphatic carbocycles. The third-order valence-corrected chi connectivity index (χ3v) is 2.26. The third-order valence-electron chi connectivity index (χ3n) is 2.26. The molecule has 16 heavy (non-hydrogen) atoms. The molecule has 0 heterocycles. The van der Waals surface area contributed by atoms with Crippen molar-refractivity contribution < 1.29 is 9.90 Å². The second-order valence-corrected chi connectivity index (χ2v) is 5.24. The van der Waals surface area contributed by atoms with E-state index in [4.69, 9.17) is 5.11 Å². The first kappa shape index (κ1) is 12.6. The van der Waals surface area contributed by atoms with Crippen molar-refractivity contribution in [3.63, 3.8) is 0 Å². The minimum Gasteiger partial charge on any atom is -0.478 e. The van der Waals surface area contributed by atoms with Gasteiger partial charge in [-0.3, -0.25) is 0 Å². The van der Waals surface area contributed by atoms with Crippen LogP contribution in [0.5, 0.6) is 0 Å². The minimum atomic E-state index is -0.878. The first-order valence-electron chi connectivity index (χ1n) is 5.35. The van der Waals surface area contributed by atoms with Crippen molar-refractivity contribution in [1.29, 1.82) is 0 Å². The van der Waals surface area contributed by atoms with Crippen LogP contribution in [0, 0.1) is 5.41 Å². The van der Waals surface area contributed by atoms with Crippen LogP contribution in [0.3, 0.4) is 0 Å². The Balaban J connectivity index is 2.99. The topological polar surface area (TPSA) is 40.5 Å². The van der Waals surface area contributed by atoms with Gasteiger partial charge in [-0.25, -0.2) is 4.79 Å². The molecule has 3 nitrogen and oxygen atoms in total. The second kappa shape index (κ2) is 4.56. The number of benzene rings is 1. The van der Waals surface area contributed by atoms with Crippen molar-refractivity contribution in [1.82, 2.24) is 0 Å². The molecule has 0 bridgehead atoms. The molecule has 0 saturated heterocycles. The van der Waals surface area contributed by atoms with Gasteiger partial charge in [0.2, 0.25) is 0 Å². The van der Waals surface area contributed by atoms with Crippen molar-refractivity contribution in [2.75, 3.05) is 18.5 Å². The lowest BCUT2D eigenvalue weighted by atomic mass is 9.95. The summed E-state index contributed by atoms with van der Waals surface area (Å²) in [6.07, 6.45) is 0. The van der Waals surface area contributed by atoms with Gasteiger partial charge in [0.25, 0.3) is 0 Å². The van der Waals surface area contributed by atoms with Gasteiger partial charge in [-0.2, -0.15) is 0 Å². The van der Waals surface area contributed by atoms with Gasteiger partial charge in [0.05, 0.1) is 11.3 Å². The van der Waals surface area contributed by atoms with E-state index in [1.807, 2.05) is 24.1 Å². The summed E-state index contributed by atoms with van der Waals surface area (Å²) in [5.41, 5.74) is 1.26.